The number of halogens is 3. The summed E-state index contributed by atoms with van der Waals surface area (Å²) >= 11 is 0.978. The Balaban J connectivity index is 3.00. The summed E-state index contributed by atoms with van der Waals surface area (Å²) in [6, 6.07) is 0.872. The van der Waals surface area contributed by atoms with Crippen LogP contribution in [0.2, 0.25) is 0 Å². The standard InChI is InChI=1S/C12H10F3NO2S/c1-8(17)19-5-3-4-9-6-10(12(13,14)15)7-16-11(9)18-2/h6-7H,5H2,1-2H3. The second-order valence-electron chi connectivity index (χ2n) is 3.36. The molecule has 7 heteroatoms. The van der Waals surface area contributed by atoms with Gasteiger partial charge in [0, 0.05) is 13.1 Å². The van der Waals surface area contributed by atoms with Crippen molar-refractivity contribution in [1.82, 2.24) is 4.98 Å². The first-order chi connectivity index (χ1) is 8.84. The van der Waals surface area contributed by atoms with Gasteiger partial charge >= 0.3 is 6.18 Å². The average Bonchev–Trinajstić information content (AvgIpc) is 2.33. The Bertz CT molecular complexity index is 532. The van der Waals surface area contributed by atoms with Gasteiger partial charge in [-0.3, -0.25) is 4.79 Å². The van der Waals surface area contributed by atoms with Crippen molar-refractivity contribution in [2.75, 3.05) is 12.9 Å². The molecule has 19 heavy (non-hydrogen) atoms. The van der Waals surface area contributed by atoms with Gasteiger partial charge in [0.1, 0.15) is 0 Å². The van der Waals surface area contributed by atoms with Crippen LogP contribution in [0.1, 0.15) is 18.1 Å². The number of hydrogen-bond acceptors (Lipinski definition) is 4. The quantitative estimate of drug-likeness (QED) is 0.785. The number of thioether (sulfide) groups is 1. The van der Waals surface area contributed by atoms with E-state index in [1.165, 1.54) is 14.0 Å². The lowest BCUT2D eigenvalue weighted by molar-refractivity contribution is -0.137. The van der Waals surface area contributed by atoms with E-state index in [0.717, 1.165) is 17.8 Å². The molecule has 0 amide bonds. The van der Waals surface area contributed by atoms with Crippen molar-refractivity contribution in [3.8, 4) is 17.7 Å². The lowest BCUT2D eigenvalue weighted by atomic mass is 10.2. The Morgan fingerprint density at radius 1 is 1.53 bits per heavy atom. The van der Waals surface area contributed by atoms with Crippen molar-refractivity contribution in [2.45, 2.75) is 13.1 Å². The molecule has 1 rings (SSSR count). The Morgan fingerprint density at radius 2 is 2.21 bits per heavy atom. The molecule has 0 fully saturated rings. The molecular weight excluding hydrogens is 279 g/mol. The van der Waals surface area contributed by atoms with E-state index in [4.69, 9.17) is 4.74 Å². The van der Waals surface area contributed by atoms with Crippen molar-refractivity contribution in [3.05, 3.63) is 23.4 Å². The molecule has 1 heterocycles. The zero-order chi connectivity index (χ0) is 14.5. The highest BCUT2D eigenvalue weighted by Crippen LogP contribution is 2.30. The summed E-state index contributed by atoms with van der Waals surface area (Å²) in [7, 11) is 1.30. The first-order valence-electron chi connectivity index (χ1n) is 5.08. The zero-order valence-electron chi connectivity index (χ0n) is 10.2. The number of ether oxygens (including phenoxy) is 1. The van der Waals surface area contributed by atoms with Gasteiger partial charge in [-0.1, -0.05) is 23.6 Å². The average molecular weight is 289 g/mol. The molecule has 0 N–H and O–H groups in total. The van der Waals surface area contributed by atoms with Crippen LogP contribution in [0, 0.1) is 11.8 Å². The first kappa shape index (κ1) is 15.4. The summed E-state index contributed by atoms with van der Waals surface area (Å²) in [6.07, 6.45) is -3.79. The molecule has 0 bridgehead atoms. The van der Waals surface area contributed by atoms with E-state index in [1.54, 1.807) is 0 Å². The summed E-state index contributed by atoms with van der Waals surface area (Å²) < 4.78 is 42.4. The third-order valence-corrected chi connectivity index (χ3v) is 2.64. The van der Waals surface area contributed by atoms with E-state index in [9.17, 15) is 18.0 Å². The number of aromatic nitrogens is 1. The maximum atomic E-state index is 12.5. The number of carbonyl (C=O) groups excluding carboxylic acids is 1. The smallest absolute Gasteiger partial charge is 0.417 e. The second kappa shape index (κ2) is 6.48. The Morgan fingerprint density at radius 3 is 2.74 bits per heavy atom. The van der Waals surface area contributed by atoms with Gasteiger partial charge < -0.3 is 4.74 Å². The number of pyridine rings is 1. The minimum atomic E-state index is -4.48. The fourth-order valence-electron chi connectivity index (χ4n) is 1.13. The number of rotatable bonds is 2. The number of hydrogen-bond donors (Lipinski definition) is 0. The van der Waals surface area contributed by atoms with Gasteiger partial charge in [-0.15, -0.1) is 0 Å². The van der Waals surface area contributed by atoms with E-state index in [0.29, 0.717) is 6.20 Å². The van der Waals surface area contributed by atoms with Gasteiger partial charge in [0.25, 0.3) is 0 Å². The Kier molecular flexibility index (Phi) is 5.24. The van der Waals surface area contributed by atoms with Gasteiger partial charge in [0.05, 0.1) is 24.0 Å². The normalized spacial score (nSPS) is 10.6. The van der Waals surface area contributed by atoms with Gasteiger partial charge in [-0.25, -0.2) is 4.98 Å². The van der Waals surface area contributed by atoms with Crippen LogP contribution in [0.3, 0.4) is 0 Å². The molecule has 0 aliphatic heterocycles. The third-order valence-electron chi connectivity index (χ3n) is 1.94. The highest BCUT2D eigenvalue weighted by molar-refractivity contribution is 8.13. The topological polar surface area (TPSA) is 39.2 Å². The summed E-state index contributed by atoms with van der Waals surface area (Å²) in [4.78, 5) is 14.2. The molecule has 102 valence electrons. The molecule has 0 atom stereocenters. The van der Waals surface area contributed by atoms with E-state index in [-0.39, 0.29) is 22.3 Å². The van der Waals surface area contributed by atoms with Gasteiger partial charge in [-0.05, 0) is 6.07 Å². The maximum absolute atomic E-state index is 12.5. The van der Waals surface area contributed by atoms with E-state index in [2.05, 4.69) is 16.8 Å². The predicted molar refractivity (Wildman–Crippen MR) is 65.8 cm³/mol. The third kappa shape index (κ3) is 4.83. The zero-order valence-corrected chi connectivity index (χ0v) is 11.0. The van der Waals surface area contributed by atoms with Crippen LogP contribution in [0.15, 0.2) is 12.3 Å². The van der Waals surface area contributed by atoms with Crippen LogP contribution in [0.5, 0.6) is 5.88 Å². The lowest BCUT2D eigenvalue weighted by Gasteiger charge is -2.08. The number of alkyl halides is 3. The van der Waals surface area contributed by atoms with E-state index in [1.807, 2.05) is 0 Å². The molecule has 0 spiro atoms. The molecular formula is C12H10F3NO2S. The fraction of sp³-hybridized carbons (Fsp3) is 0.333. The van der Waals surface area contributed by atoms with Crippen LogP contribution >= 0.6 is 11.8 Å². The predicted octanol–water partition coefficient (Wildman–Crippen LogP) is 2.74. The van der Waals surface area contributed by atoms with Gasteiger partial charge in [0.15, 0.2) is 5.12 Å². The summed E-state index contributed by atoms with van der Waals surface area (Å²) in [5.41, 5.74) is -0.849. The Hall–Kier alpha value is -1.68. The minimum absolute atomic E-state index is 0.0216. The molecule has 3 nitrogen and oxygen atoms in total. The van der Waals surface area contributed by atoms with Crippen LogP contribution in [0.4, 0.5) is 13.2 Å². The molecule has 0 saturated carbocycles. The molecule has 0 saturated heterocycles. The van der Waals surface area contributed by atoms with E-state index < -0.39 is 11.7 Å². The van der Waals surface area contributed by atoms with Crippen LogP contribution < -0.4 is 4.74 Å². The van der Waals surface area contributed by atoms with Crippen LogP contribution in [-0.2, 0) is 11.0 Å². The maximum Gasteiger partial charge on any atom is 0.417 e. The molecule has 0 unspecified atom stereocenters. The molecule has 1 aromatic rings. The monoisotopic (exact) mass is 289 g/mol. The van der Waals surface area contributed by atoms with Gasteiger partial charge in [-0.2, -0.15) is 13.2 Å². The van der Waals surface area contributed by atoms with Crippen molar-refractivity contribution in [2.24, 2.45) is 0 Å². The van der Waals surface area contributed by atoms with E-state index >= 15 is 0 Å². The van der Waals surface area contributed by atoms with Gasteiger partial charge in [0.2, 0.25) is 5.88 Å². The summed E-state index contributed by atoms with van der Waals surface area (Å²) in [5, 5.41) is -0.108. The van der Waals surface area contributed by atoms with Crippen LogP contribution in [0.25, 0.3) is 0 Å². The lowest BCUT2D eigenvalue weighted by Crippen LogP contribution is -2.06. The largest absolute Gasteiger partial charge is 0.480 e. The van der Waals surface area contributed by atoms with Crippen molar-refractivity contribution >= 4 is 16.9 Å². The molecule has 0 radical (unpaired) electrons. The fourth-order valence-corrected chi connectivity index (χ4v) is 1.48. The summed E-state index contributed by atoms with van der Waals surface area (Å²) in [5.74, 6) is 5.34. The SMILES string of the molecule is COc1ncc(C(F)(F)F)cc1C#CCSC(C)=O. The van der Waals surface area contributed by atoms with Crippen molar-refractivity contribution in [1.29, 1.82) is 0 Å². The van der Waals surface area contributed by atoms with Crippen molar-refractivity contribution in [3.63, 3.8) is 0 Å². The minimum Gasteiger partial charge on any atom is -0.480 e. The molecule has 0 aliphatic carbocycles. The Labute approximate surface area is 112 Å². The summed E-state index contributed by atoms with van der Waals surface area (Å²) in [6.45, 7) is 1.39. The molecule has 0 aromatic carbocycles. The van der Waals surface area contributed by atoms with Crippen LogP contribution in [-0.4, -0.2) is 23.0 Å². The highest BCUT2D eigenvalue weighted by Gasteiger charge is 2.31. The second-order valence-corrected chi connectivity index (χ2v) is 4.51. The number of nitrogens with zero attached hydrogens (tertiary/aromatic N) is 1. The molecule has 1 aromatic heterocycles. The van der Waals surface area contributed by atoms with Crippen molar-refractivity contribution < 1.29 is 22.7 Å². The first-order valence-corrected chi connectivity index (χ1v) is 6.06. The molecule has 0 aliphatic rings. The number of methoxy groups -OCH3 is 1. The number of carbonyl (C=O) groups is 1. The highest BCUT2D eigenvalue weighted by atomic mass is 32.2.